The number of ether oxygens (including phenoxy) is 2. The van der Waals surface area contributed by atoms with Gasteiger partial charge >= 0.3 is 0 Å². The average Bonchev–Trinajstić information content (AvgIpc) is 3.10. The molecule has 5 nitrogen and oxygen atoms in total. The van der Waals surface area contributed by atoms with Crippen LogP contribution in [-0.4, -0.2) is 26.4 Å². The molecule has 0 spiro atoms. The van der Waals surface area contributed by atoms with Crippen molar-refractivity contribution in [1.29, 1.82) is 0 Å². The second kappa shape index (κ2) is 7.08. The summed E-state index contributed by atoms with van der Waals surface area (Å²) in [5, 5.41) is 4.15. The van der Waals surface area contributed by atoms with Crippen LogP contribution in [0.15, 0.2) is 59.1 Å². The summed E-state index contributed by atoms with van der Waals surface area (Å²) < 4.78 is 16.1. The highest BCUT2D eigenvalue weighted by Gasteiger charge is 2.11. The number of methoxy groups -OCH3 is 2. The van der Waals surface area contributed by atoms with E-state index in [4.69, 9.17) is 14.0 Å². The van der Waals surface area contributed by atoms with E-state index in [0.29, 0.717) is 18.0 Å². The first-order valence-corrected chi connectivity index (χ1v) is 7.65. The maximum Gasteiger partial charge on any atom is 0.162 e. The number of nitrogens with zero attached hydrogens (tertiary/aromatic N) is 2. The molecule has 0 N–H and O–H groups in total. The third kappa shape index (κ3) is 3.35. The smallest absolute Gasteiger partial charge is 0.162 e. The van der Waals surface area contributed by atoms with Crippen LogP contribution in [0.1, 0.15) is 5.76 Å². The maximum atomic E-state index is 5.47. The number of aromatic nitrogens is 1. The topological polar surface area (TPSA) is 47.7 Å². The number of benzene rings is 2. The van der Waals surface area contributed by atoms with E-state index in [1.807, 2.05) is 61.6 Å². The lowest BCUT2D eigenvalue weighted by Gasteiger charge is -2.19. The molecule has 24 heavy (non-hydrogen) atoms. The molecular formula is C19H20N2O3. The van der Waals surface area contributed by atoms with Crippen molar-refractivity contribution in [2.24, 2.45) is 0 Å². The second-order valence-electron chi connectivity index (χ2n) is 5.44. The van der Waals surface area contributed by atoms with Crippen LogP contribution in [0.5, 0.6) is 11.5 Å². The van der Waals surface area contributed by atoms with Gasteiger partial charge in [0.05, 0.1) is 20.8 Å². The van der Waals surface area contributed by atoms with Gasteiger partial charge in [-0.2, -0.15) is 0 Å². The first kappa shape index (κ1) is 15.9. The van der Waals surface area contributed by atoms with Gasteiger partial charge in [0.15, 0.2) is 17.3 Å². The van der Waals surface area contributed by atoms with Gasteiger partial charge in [0, 0.05) is 30.4 Å². The molecule has 0 aliphatic heterocycles. The van der Waals surface area contributed by atoms with Crippen molar-refractivity contribution in [3.05, 3.63) is 60.4 Å². The van der Waals surface area contributed by atoms with Gasteiger partial charge in [-0.05, 0) is 12.1 Å². The van der Waals surface area contributed by atoms with E-state index >= 15 is 0 Å². The van der Waals surface area contributed by atoms with E-state index in [2.05, 4.69) is 10.1 Å². The van der Waals surface area contributed by atoms with E-state index in [1.54, 1.807) is 14.2 Å². The predicted molar refractivity (Wildman–Crippen MR) is 93.6 cm³/mol. The minimum atomic E-state index is 0.606. The zero-order chi connectivity index (χ0) is 16.9. The lowest BCUT2D eigenvalue weighted by Crippen LogP contribution is -2.15. The van der Waals surface area contributed by atoms with Gasteiger partial charge in [0.1, 0.15) is 5.69 Å². The number of hydrogen-bond acceptors (Lipinski definition) is 5. The van der Waals surface area contributed by atoms with Crippen LogP contribution in [0, 0.1) is 0 Å². The molecule has 0 radical (unpaired) electrons. The molecule has 0 bridgehead atoms. The summed E-state index contributed by atoms with van der Waals surface area (Å²) in [5.74, 6) is 2.20. The van der Waals surface area contributed by atoms with Crippen molar-refractivity contribution < 1.29 is 14.0 Å². The van der Waals surface area contributed by atoms with Crippen LogP contribution in [0.2, 0.25) is 0 Å². The summed E-state index contributed by atoms with van der Waals surface area (Å²) in [6, 6.07) is 17.8. The summed E-state index contributed by atoms with van der Waals surface area (Å²) >= 11 is 0. The van der Waals surface area contributed by atoms with Gasteiger partial charge in [-0.15, -0.1) is 0 Å². The fourth-order valence-corrected chi connectivity index (χ4v) is 2.52. The molecule has 124 valence electrons. The van der Waals surface area contributed by atoms with Gasteiger partial charge in [-0.1, -0.05) is 35.5 Å². The van der Waals surface area contributed by atoms with Gasteiger partial charge in [-0.25, -0.2) is 0 Å². The summed E-state index contributed by atoms with van der Waals surface area (Å²) in [5.41, 5.74) is 2.89. The summed E-state index contributed by atoms with van der Waals surface area (Å²) in [4.78, 5) is 2.07. The number of rotatable bonds is 6. The highest BCUT2D eigenvalue weighted by Crippen LogP contribution is 2.31. The van der Waals surface area contributed by atoms with Crippen molar-refractivity contribution in [1.82, 2.24) is 5.16 Å². The molecule has 0 saturated carbocycles. The van der Waals surface area contributed by atoms with Crippen LogP contribution in [0.25, 0.3) is 11.3 Å². The Morgan fingerprint density at radius 3 is 2.42 bits per heavy atom. The van der Waals surface area contributed by atoms with Crippen molar-refractivity contribution >= 4 is 5.69 Å². The molecule has 0 fully saturated rings. The fourth-order valence-electron chi connectivity index (χ4n) is 2.52. The fraction of sp³-hybridized carbons (Fsp3) is 0.211. The Hall–Kier alpha value is -2.95. The SMILES string of the molecule is COc1ccc(N(C)Cc2cc(-c3ccccc3)no2)cc1OC. The summed E-state index contributed by atoms with van der Waals surface area (Å²) in [7, 11) is 5.25. The Balaban J connectivity index is 1.76. The van der Waals surface area contributed by atoms with E-state index in [1.165, 1.54) is 0 Å². The Bertz CT molecular complexity index is 799. The Kier molecular flexibility index (Phi) is 4.70. The molecule has 3 aromatic rings. The largest absolute Gasteiger partial charge is 0.493 e. The van der Waals surface area contributed by atoms with Crippen LogP contribution < -0.4 is 14.4 Å². The molecular weight excluding hydrogens is 304 g/mol. The molecule has 0 atom stereocenters. The number of hydrogen-bond donors (Lipinski definition) is 0. The summed E-state index contributed by atoms with van der Waals surface area (Å²) in [6.45, 7) is 0.606. The highest BCUT2D eigenvalue weighted by molar-refractivity contribution is 5.59. The molecule has 2 aromatic carbocycles. The zero-order valence-electron chi connectivity index (χ0n) is 14.0. The first-order chi connectivity index (χ1) is 11.7. The molecule has 0 amide bonds. The lowest BCUT2D eigenvalue weighted by atomic mass is 10.1. The third-order valence-electron chi connectivity index (χ3n) is 3.83. The Morgan fingerprint density at radius 2 is 1.71 bits per heavy atom. The molecule has 0 unspecified atom stereocenters. The van der Waals surface area contributed by atoms with Gasteiger partial charge in [-0.3, -0.25) is 0 Å². The van der Waals surface area contributed by atoms with Crippen molar-refractivity contribution in [3.63, 3.8) is 0 Å². The predicted octanol–water partition coefficient (Wildman–Crippen LogP) is 4.00. The van der Waals surface area contributed by atoms with Crippen molar-refractivity contribution in [2.45, 2.75) is 6.54 Å². The minimum Gasteiger partial charge on any atom is -0.493 e. The van der Waals surface area contributed by atoms with Crippen molar-refractivity contribution in [3.8, 4) is 22.8 Å². The van der Waals surface area contributed by atoms with Crippen LogP contribution in [-0.2, 0) is 6.54 Å². The molecule has 1 aromatic heterocycles. The molecule has 0 aliphatic rings. The number of anilines is 1. The van der Waals surface area contributed by atoms with Gasteiger partial charge < -0.3 is 18.9 Å². The average molecular weight is 324 g/mol. The summed E-state index contributed by atoms with van der Waals surface area (Å²) in [6.07, 6.45) is 0. The highest BCUT2D eigenvalue weighted by atomic mass is 16.5. The molecule has 1 heterocycles. The minimum absolute atomic E-state index is 0.606. The van der Waals surface area contributed by atoms with Gasteiger partial charge in [0.2, 0.25) is 0 Å². The standard InChI is InChI=1S/C19H20N2O3/c1-21(15-9-10-18(22-2)19(11-15)23-3)13-16-12-17(20-24-16)14-7-5-4-6-8-14/h4-12H,13H2,1-3H3. The van der Waals surface area contributed by atoms with E-state index in [0.717, 1.165) is 22.7 Å². The molecule has 5 heteroatoms. The van der Waals surface area contributed by atoms with Crippen LogP contribution >= 0.6 is 0 Å². The van der Waals surface area contributed by atoms with Crippen molar-refractivity contribution in [2.75, 3.05) is 26.2 Å². The molecule has 0 aliphatic carbocycles. The second-order valence-corrected chi connectivity index (χ2v) is 5.44. The molecule has 0 saturated heterocycles. The third-order valence-corrected chi connectivity index (χ3v) is 3.83. The quantitative estimate of drug-likeness (QED) is 0.686. The monoisotopic (exact) mass is 324 g/mol. The van der Waals surface area contributed by atoms with Crippen LogP contribution in [0.3, 0.4) is 0 Å². The lowest BCUT2D eigenvalue weighted by molar-refractivity contribution is 0.355. The Labute approximate surface area is 141 Å². The zero-order valence-corrected chi connectivity index (χ0v) is 14.0. The Morgan fingerprint density at radius 1 is 0.958 bits per heavy atom. The van der Waals surface area contributed by atoms with E-state index < -0.39 is 0 Å². The first-order valence-electron chi connectivity index (χ1n) is 7.65. The molecule has 3 rings (SSSR count). The van der Waals surface area contributed by atoms with Gasteiger partial charge in [0.25, 0.3) is 0 Å². The van der Waals surface area contributed by atoms with Crippen LogP contribution in [0.4, 0.5) is 5.69 Å². The van der Waals surface area contributed by atoms with E-state index in [9.17, 15) is 0 Å². The van der Waals surface area contributed by atoms with E-state index in [-0.39, 0.29) is 0 Å². The maximum absolute atomic E-state index is 5.47. The normalized spacial score (nSPS) is 10.5.